The fraction of sp³-hybridized carbons (Fsp3) is 0.846. The molecule has 0 aromatic heterocycles. The van der Waals surface area contributed by atoms with Crippen molar-refractivity contribution < 1.29 is 18.3 Å². The second-order valence-corrected chi connectivity index (χ2v) is 8.08. The molecule has 1 aliphatic rings. The van der Waals surface area contributed by atoms with Crippen LogP contribution in [0.5, 0.6) is 0 Å². The normalized spacial score (nSPS) is 18.9. The van der Waals surface area contributed by atoms with Crippen LogP contribution in [0.1, 0.15) is 38.5 Å². The number of nitrogens with zero attached hydrogens (tertiary/aromatic N) is 1. The number of rotatable bonds is 9. The van der Waals surface area contributed by atoms with Gasteiger partial charge in [0, 0.05) is 17.8 Å². The van der Waals surface area contributed by atoms with Gasteiger partial charge in [0.2, 0.25) is 10.0 Å². The quantitative estimate of drug-likeness (QED) is 0.378. The fourth-order valence-corrected chi connectivity index (χ4v) is 3.52. The fourth-order valence-electron chi connectivity index (χ4n) is 2.46. The van der Waals surface area contributed by atoms with Crippen molar-refractivity contribution in [2.75, 3.05) is 17.9 Å². The van der Waals surface area contributed by atoms with Crippen LogP contribution in [0.15, 0.2) is 4.40 Å². The van der Waals surface area contributed by atoms with Crippen molar-refractivity contribution in [3.05, 3.63) is 0 Å². The molecule has 1 atom stereocenters. The highest BCUT2D eigenvalue weighted by atomic mass is 32.2. The summed E-state index contributed by atoms with van der Waals surface area (Å²) in [6.45, 7) is 0. The number of sulfonamides is 1. The van der Waals surface area contributed by atoms with Gasteiger partial charge in [-0.3, -0.25) is 10.1 Å². The molecule has 2 N–H and O–H groups in total. The van der Waals surface area contributed by atoms with E-state index in [1.807, 2.05) is 0 Å². The minimum absolute atomic E-state index is 0.440. The molecule has 122 valence electrons. The molecule has 0 amide bonds. The summed E-state index contributed by atoms with van der Waals surface area (Å²) in [4.78, 5) is 11.2. The van der Waals surface area contributed by atoms with E-state index >= 15 is 0 Å². The van der Waals surface area contributed by atoms with Crippen LogP contribution in [0, 0.1) is 5.92 Å². The average molecular weight is 336 g/mol. The SMILES string of the molecule is CS(=O)(=O)N=CCSCNC(CC1CCCCC1)C(=O)O. The Morgan fingerprint density at radius 2 is 2.10 bits per heavy atom. The zero-order valence-electron chi connectivity index (χ0n) is 12.3. The number of aliphatic carboxylic acids is 1. The van der Waals surface area contributed by atoms with Crippen LogP contribution in [0.25, 0.3) is 0 Å². The largest absolute Gasteiger partial charge is 0.480 e. The van der Waals surface area contributed by atoms with Gasteiger partial charge in [-0.25, -0.2) is 8.42 Å². The van der Waals surface area contributed by atoms with E-state index < -0.39 is 22.0 Å². The first kappa shape index (κ1) is 18.4. The molecule has 0 aromatic carbocycles. The first-order valence-electron chi connectivity index (χ1n) is 7.16. The van der Waals surface area contributed by atoms with Gasteiger partial charge in [0.25, 0.3) is 0 Å². The first-order chi connectivity index (χ1) is 9.88. The predicted octanol–water partition coefficient (Wildman–Crippen LogP) is 1.72. The van der Waals surface area contributed by atoms with E-state index in [0.29, 0.717) is 24.0 Å². The molecule has 1 fully saturated rings. The third-order valence-electron chi connectivity index (χ3n) is 3.48. The molecule has 0 bridgehead atoms. The van der Waals surface area contributed by atoms with Gasteiger partial charge in [-0.05, 0) is 12.3 Å². The van der Waals surface area contributed by atoms with Gasteiger partial charge in [0.1, 0.15) is 6.04 Å². The van der Waals surface area contributed by atoms with E-state index in [1.54, 1.807) is 0 Å². The molecule has 1 unspecified atom stereocenters. The minimum Gasteiger partial charge on any atom is -0.480 e. The summed E-state index contributed by atoms with van der Waals surface area (Å²) in [6, 6.07) is -0.521. The predicted molar refractivity (Wildman–Crippen MR) is 86.4 cm³/mol. The first-order valence-corrected chi connectivity index (χ1v) is 10.2. The zero-order chi connectivity index (χ0) is 15.7. The Labute approximate surface area is 130 Å². The maximum atomic E-state index is 11.2. The van der Waals surface area contributed by atoms with Crippen LogP contribution in [0.4, 0.5) is 0 Å². The molecule has 0 aliphatic heterocycles. The van der Waals surface area contributed by atoms with Crippen LogP contribution in [0.3, 0.4) is 0 Å². The summed E-state index contributed by atoms with van der Waals surface area (Å²) in [7, 11) is -3.32. The molecule has 0 radical (unpaired) electrons. The Hall–Kier alpha value is -0.600. The number of carbonyl (C=O) groups is 1. The molecule has 1 aliphatic carbocycles. The van der Waals surface area contributed by atoms with Crippen molar-refractivity contribution in [2.45, 2.75) is 44.6 Å². The van der Waals surface area contributed by atoms with Crippen LogP contribution < -0.4 is 5.32 Å². The van der Waals surface area contributed by atoms with Gasteiger partial charge in [0.05, 0.1) is 6.26 Å². The van der Waals surface area contributed by atoms with E-state index in [0.717, 1.165) is 19.1 Å². The molecule has 0 spiro atoms. The van der Waals surface area contributed by atoms with E-state index in [9.17, 15) is 18.3 Å². The summed E-state index contributed by atoms with van der Waals surface area (Å²) in [6.07, 6.45) is 8.96. The lowest BCUT2D eigenvalue weighted by Gasteiger charge is -2.25. The molecule has 21 heavy (non-hydrogen) atoms. The molecule has 1 saturated carbocycles. The second-order valence-electron chi connectivity index (χ2n) is 5.37. The van der Waals surface area contributed by atoms with Crippen molar-refractivity contribution >= 4 is 34.0 Å². The van der Waals surface area contributed by atoms with Crippen molar-refractivity contribution in [2.24, 2.45) is 10.3 Å². The molecule has 0 aromatic rings. The van der Waals surface area contributed by atoms with Gasteiger partial charge < -0.3 is 5.11 Å². The Morgan fingerprint density at radius 3 is 2.67 bits per heavy atom. The lowest BCUT2D eigenvalue weighted by Crippen LogP contribution is -2.38. The maximum absolute atomic E-state index is 11.2. The Kier molecular flexibility index (Phi) is 8.28. The third kappa shape index (κ3) is 9.10. The Morgan fingerprint density at radius 1 is 1.43 bits per heavy atom. The summed E-state index contributed by atoms with van der Waals surface area (Å²) < 4.78 is 24.9. The average Bonchev–Trinajstić information content (AvgIpc) is 2.41. The van der Waals surface area contributed by atoms with Crippen LogP contribution in [0.2, 0.25) is 0 Å². The topological polar surface area (TPSA) is 95.8 Å². The van der Waals surface area contributed by atoms with E-state index in [-0.39, 0.29) is 0 Å². The summed E-state index contributed by atoms with van der Waals surface area (Å²) >= 11 is 1.41. The second kappa shape index (κ2) is 9.42. The van der Waals surface area contributed by atoms with Crippen molar-refractivity contribution in [1.29, 1.82) is 0 Å². The minimum atomic E-state index is -3.32. The molecule has 0 heterocycles. The summed E-state index contributed by atoms with van der Waals surface area (Å²) in [5, 5.41) is 12.3. The van der Waals surface area contributed by atoms with Crippen LogP contribution in [-0.2, 0) is 14.8 Å². The van der Waals surface area contributed by atoms with Gasteiger partial charge in [-0.1, -0.05) is 32.1 Å². The summed E-state index contributed by atoms with van der Waals surface area (Å²) in [5.74, 6) is 0.602. The monoisotopic (exact) mass is 336 g/mol. The van der Waals surface area contributed by atoms with Crippen LogP contribution in [-0.4, -0.2) is 49.6 Å². The van der Waals surface area contributed by atoms with Gasteiger partial charge >= 0.3 is 5.97 Å². The third-order valence-corrected chi connectivity index (χ3v) is 4.77. The highest BCUT2D eigenvalue weighted by Crippen LogP contribution is 2.27. The lowest BCUT2D eigenvalue weighted by molar-refractivity contribution is -0.139. The number of nitrogens with one attached hydrogen (secondary N) is 1. The number of carboxylic acids is 1. The van der Waals surface area contributed by atoms with Crippen LogP contribution >= 0.6 is 11.8 Å². The van der Waals surface area contributed by atoms with E-state index in [1.165, 1.54) is 37.2 Å². The van der Waals surface area contributed by atoms with Crippen molar-refractivity contribution in [1.82, 2.24) is 5.32 Å². The maximum Gasteiger partial charge on any atom is 0.320 e. The highest BCUT2D eigenvalue weighted by molar-refractivity contribution is 7.99. The molecular formula is C13H24N2O4S2. The summed E-state index contributed by atoms with van der Waals surface area (Å²) in [5.41, 5.74) is 0. The molecule has 1 rings (SSSR count). The zero-order valence-corrected chi connectivity index (χ0v) is 14.0. The van der Waals surface area contributed by atoms with E-state index in [4.69, 9.17) is 0 Å². The van der Waals surface area contributed by atoms with Gasteiger partial charge in [-0.2, -0.15) is 4.40 Å². The number of hydrogen-bond acceptors (Lipinski definition) is 5. The number of thioether (sulfide) groups is 1. The smallest absolute Gasteiger partial charge is 0.320 e. The molecule has 8 heteroatoms. The van der Waals surface area contributed by atoms with Gasteiger partial charge in [0.15, 0.2) is 0 Å². The van der Waals surface area contributed by atoms with Crippen molar-refractivity contribution in [3.8, 4) is 0 Å². The Balaban J connectivity index is 2.25. The molecule has 6 nitrogen and oxygen atoms in total. The highest BCUT2D eigenvalue weighted by Gasteiger charge is 2.23. The number of carboxylic acid groups (broad SMARTS) is 1. The molecule has 0 saturated heterocycles. The standard InChI is InChI=1S/C13H24N2O4S2/c1-21(18,19)15-7-8-20-10-14-12(13(16)17)9-11-5-3-2-4-6-11/h7,11-12,14H,2-6,8-10H2,1H3,(H,16,17). The lowest BCUT2D eigenvalue weighted by atomic mass is 9.85. The van der Waals surface area contributed by atoms with Gasteiger partial charge in [-0.15, -0.1) is 11.8 Å². The Bertz CT molecular complexity index is 445. The van der Waals surface area contributed by atoms with Crippen molar-refractivity contribution in [3.63, 3.8) is 0 Å². The number of hydrogen-bond donors (Lipinski definition) is 2. The van der Waals surface area contributed by atoms with E-state index in [2.05, 4.69) is 9.71 Å². The molecular weight excluding hydrogens is 312 g/mol.